The molecule has 0 atom stereocenters. The standard InChI is InChI=1S/C10H10N4O5S/c11-10(15)5-13-4-9(20(12,18)19)7-2-1-6(14(16)17)3-8(7)13/h1-4H,5H2,(H2,11,15)(H2,12,18,19). The minimum atomic E-state index is -4.02. The van der Waals surface area contributed by atoms with Gasteiger partial charge >= 0.3 is 0 Å². The number of hydrogen-bond acceptors (Lipinski definition) is 5. The highest BCUT2D eigenvalue weighted by Gasteiger charge is 2.20. The number of non-ortho nitro benzene ring substituents is 1. The number of hydrogen-bond donors (Lipinski definition) is 2. The van der Waals surface area contributed by atoms with Crippen LogP contribution in [0.5, 0.6) is 0 Å². The molecule has 0 radical (unpaired) electrons. The highest BCUT2D eigenvalue weighted by atomic mass is 32.2. The number of nitrogens with zero attached hydrogens (tertiary/aromatic N) is 2. The SMILES string of the molecule is NC(=O)Cn1cc(S(N)(=O)=O)c2ccc([N+](=O)[O-])cc21. The van der Waals surface area contributed by atoms with Crippen molar-refractivity contribution in [2.75, 3.05) is 0 Å². The average molecular weight is 298 g/mol. The number of rotatable bonds is 4. The molecule has 1 aromatic carbocycles. The maximum atomic E-state index is 11.5. The fourth-order valence-electron chi connectivity index (χ4n) is 1.89. The van der Waals surface area contributed by atoms with E-state index in [1.54, 1.807) is 0 Å². The van der Waals surface area contributed by atoms with Gasteiger partial charge in [-0.05, 0) is 6.07 Å². The summed E-state index contributed by atoms with van der Waals surface area (Å²) in [5.74, 6) is -0.714. The fraction of sp³-hybridized carbons (Fsp3) is 0.100. The van der Waals surface area contributed by atoms with Crippen molar-refractivity contribution in [2.24, 2.45) is 10.9 Å². The van der Waals surface area contributed by atoms with E-state index in [-0.39, 0.29) is 28.0 Å². The van der Waals surface area contributed by atoms with Gasteiger partial charge < -0.3 is 10.3 Å². The number of primary amides is 1. The van der Waals surface area contributed by atoms with E-state index >= 15 is 0 Å². The molecule has 9 nitrogen and oxygen atoms in total. The largest absolute Gasteiger partial charge is 0.368 e. The highest BCUT2D eigenvalue weighted by molar-refractivity contribution is 7.89. The van der Waals surface area contributed by atoms with Crippen LogP contribution in [0.15, 0.2) is 29.3 Å². The number of amides is 1. The van der Waals surface area contributed by atoms with Crippen molar-refractivity contribution in [3.05, 3.63) is 34.5 Å². The number of aromatic nitrogens is 1. The molecule has 106 valence electrons. The van der Waals surface area contributed by atoms with Gasteiger partial charge in [-0.2, -0.15) is 0 Å². The van der Waals surface area contributed by atoms with Crippen LogP contribution in [-0.2, 0) is 21.4 Å². The minimum Gasteiger partial charge on any atom is -0.368 e. The number of carbonyl (C=O) groups excluding carboxylic acids is 1. The van der Waals surface area contributed by atoms with Crippen LogP contribution in [0.2, 0.25) is 0 Å². The van der Waals surface area contributed by atoms with Crippen molar-refractivity contribution in [2.45, 2.75) is 11.4 Å². The third kappa shape index (κ3) is 2.46. The van der Waals surface area contributed by atoms with E-state index in [2.05, 4.69) is 0 Å². The zero-order chi connectivity index (χ0) is 15.1. The van der Waals surface area contributed by atoms with E-state index in [1.165, 1.54) is 10.6 Å². The lowest BCUT2D eigenvalue weighted by molar-refractivity contribution is -0.384. The molecule has 0 bridgehead atoms. The van der Waals surface area contributed by atoms with Gasteiger partial charge in [-0.3, -0.25) is 14.9 Å². The lowest BCUT2D eigenvalue weighted by Gasteiger charge is -2.01. The van der Waals surface area contributed by atoms with Crippen LogP contribution >= 0.6 is 0 Å². The molecule has 0 aliphatic heterocycles. The number of benzene rings is 1. The van der Waals surface area contributed by atoms with Gasteiger partial charge in [0, 0.05) is 23.7 Å². The number of nitro groups is 1. The Hall–Kier alpha value is -2.46. The zero-order valence-corrected chi connectivity index (χ0v) is 10.8. The van der Waals surface area contributed by atoms with E-state index in [1.807, 2.05) is 0 Å². The molecular weight excluding hydrogens is 288 g/mol. The Morgan fingerprint density at radius 2 is 2.05 bits per heavy atom. The van der Waals surface area contributed by atoms with Crippen molar-refractivity contribution in [1.29, 1.82) is 0 Å². The van der Waals surface area contributed by atoms with E-state index in [4.69, 9.17) is 10.9 Å². The second kappa shape index (κ2) is 4.58. The lowest BCUT2D eigenvalue weighted by atomic mass is 10.2. The van der Waals surface area contributed by atoms with E-state index in [0.29, 0.717) is 0 Å². The summed E-state index contributed by atoms with van der Waals surface area (Å²) in [5.41, 5.74) is 5.02. The Morgan fingerprint density at radius 3 is 2.55 bits per heavy atom. The predicted molar refractivity (Wildman–Crippen MR) is 69.2 cm³/mol. The van der Waals surface area contributed by atoms with Crippen molar-refractivity contribution >= 4 is 32.5 Å². The van der Waals surface area contributed by atoms with Crippen molar-refractivity contribution in [1.82, 2.24) is 4.57 Å². The second-order valence-electron chi connectivity index (χ2n) is 4.09. The molecule has 2 rings (SSSR count). The summed E-state index contributed by atoms with van der Waals surface area (Å²) in [6.45, 7) is -0.312. The molecule has 0 spiro atoms. The minimum absolute atomic E-state index is 0.194. The normalized spacial score (nSPS) is 11.7. The Kier molecular flexibility index (Phi) is 3.19. The Morgan fingerprint density at radius 1 is 1.40 bits per heavy atom. The van der Waals surface area contributed by atoms with Gasteiger partial charge in [-0.15, -0.1) is 0 Å². The molecular formula is C10H10N4O5S. The first-order chi connectivity index (χ1) is 9.20. The van der Waals surface area contributed by atoms with Crippen molar-refractivity contribution in [3.8, 4) is 0 Å². The predicted octanol–water partition coefficient (Wildman–Crippen LogP) is -0.318. The first-order valence-corrected chi connectivity index (χ1v) is 6.83. The van der Waals surface area contributed by atoms with E-state index < -0.39 is 20.9 Å². The third-order valence-corrected chi connectivity index (χ3v) is 3.61. The molecule has 1 amide bonds. The van der Waals surface area contributed by atoms with Gasteiger partial charge in [0.25, 0.3) is 5.69 Å². The maximum Gasteiger partial charge on any atom is 0.271 e. The summed E-state index contributed by atoms with van der Waals surface area (Å²) in [6.07, 6.45) is 1.13. The van der Waals surface area contributed by atoms with Gasteiger partial charge in [-0.1, -0.05) is 0 Å². The van der Waals surface area contributed by atoms with Crippen LogP contribution in [0.1, 0.15) is 0 Å². The first kappa shape index (κ1) is 14.0. The molecule has 1 aromatic heterocycles. The van der Waals surface area contributed by atoms with Crippen LogP contribution in [0.4, 0.5) is 5.69 Å². The Bertz CT molecular complexity index is 824. The number of carbonyl (C=O) groups is 1. The zero-order valence-electron chi connectivity index (χ0n) is 10.0. The summed E-state index contributed by atoms with van der Waals surface area (Å²) in [7, 11) is -4.02. The maximum absolute atomic E-state index is 11.5. The van der Waals surface area contributed by atoms with Crippen LogP contribution < -0.4 is 10.9 Å². The van der Waals surface area contributed by atoms with Gasteiger partial charge in [-0.25, -0.2) is 13.6 Å². The number of fused-ring (bicyclic) bond motifs is 1. The summed E-state index contributed by atoms with van der Waals surface area (Å²) in [6, 6.07) is 3.59. The molecule has 2 aromatic rings. The number of sulfonamides is 1. The molecule has 10 heteroatoms. The molecule has 4 N–H and O–H groups in total. The van der Waals surface area contributed by atoms with Gasteiger partial charge in [0.15, 0.2) is 0 Å². The third-order valence-electron chi connectivity index (χ3n) is 2.67. The molecule has 1 heterocycles. The summed E-state index contributed by atoms with van der Waals surface area (Å²) in [5, 5.41) is 16.0. The quantitative estimate of drug-likeness (QED) is 0.585. The highest BCUT2D eigenvalue weighted by Crippen LogP contribution is 2.28. The van der Waals surface area contributed by atoms with Crippen LogP contribution in [0.25, 0.3) is 10.9 Å². The summed E-state index contributed by atoms with van der Waals surface area (Å²) < 4.78 is 24.2. The number of primary sulfonamides is 1. The lowest BCUT2D eigenvalue weighted by Crippen LogP contribution is -2.18. The summed E-state index contributed by atoms with van der Waals surface area (Å²) >= 11 is 0. The van der Waals surface area contributed by atoms with Gasteiger partial charge in [0.2, 0.25) is 15.9 Å². The van der Waals surface area contributed by atoms with Crippen LogP contribution in [0.3, 0.4) is 0 Å². The molecule has 0 aliphatic rings. The number of nitrogens with two attached hydrogens (primary N) is 2. The molecule has 0 unspecified atom stereocenters. The monoisotopic (exact) mass is 298 g/mol. The topological polar surface area (TPSA) is 151 Å². The first-order valence-electron chi connectivity index (χ1n) is 5.28. The van der Waals surface area contributed by atoms with Gasteiger partial charge in [0.05, 0.1) is 10.4 Å². The fourth-order valence-corrected chi connectivity index (χ4v) is 2.64. The second-order valence-corrected chi connectivity index (χ2v) is 5.62. The van der Waals surface area contributed by atoms with E-state index in [9.17, 15) is 23.3 Å². The van der Waals surface area contributed by atoms with Crippen LogP contribution in [-0.4, -0.2) is 23.8 Å². The smallest absolute Gasteiger partial charge is 0.271 e. The van der Waals surface area contributed by atoms with Crippen molar-refractivity contribution in [3.63, 3.8) is 0 Å². The van der Waals surface area contributed by atoms with Crippen LogP contribution in [0, 0.1) is 10.1 Å². The van der Waals surface area contributed by atoms with Crippen molar-refractivity contribution < 1.29 is 18.1 Å². The molecule has 20 heavy (non-hydrogen) atoms. The molecule has 0 fully saturated rings. The number of nitro benzene ring substituents is 1. The Labute approximate surface area is 113 Å². The van der Waals surface area contributed by atoms with Gasteiger partial charge in [0.1, 0.15) is 11.4 Å². The molecule has 0 saturated carbocycles. The average Bonchev–Trinajstić information content (AvgIpc) is 2.66. The molecule has 0 aliphatic carbocycles. The van der Waals surface area contributed by atoms with E-state index in [0.717, 1.165) is 18.3 Å². The summed E-state index contributed by atoms with van der Waals surface area (Å²) in [4.78, 5) is 20.9. The Balaban J connectivity index is 2.80. The molecule has 0 saturated heterocycles.